The molecular formula is C14H12ClFN2OS. The highest BCUT2D eigenvalue weighted by atomic mass is 35.5. The Morgan fingerprint density at radius 1 is 1.40 bits per heavy atom. The van der Waals surface area contributed by atoms with Crippen molar-refractivity contribution in [1.82, 2.24) is 9.38 Å². The highest BCUT2D eigenvalue weighted by Crippen LogP contribution is 2.21. The van der Waals surface area contributed by atoms with Gasteiger partial charge < -0.3 is 5.11 Å². The van der Waals surface area contributed by atoms with Crippen LogP contribution in [0.25, 0.3) is 4.96 Å². The summed E-state index contributed by atoms with van der Waals surface area (Å²) >= 11 is 7.49. The van der Waals surface area contributed by atoms with E-state index in [2.05, 4.69) is 4.98 Å². The highest BCUT2D eigenvalue weighted by Gasteiger charge is 2.15. The predicted molar refractivity (Wildman–Crippen MR) is 77.9 cm³/mol. The summed E-state index contributed by atoms with van der Waals surface area (Å²) in [5.41, 5.74) is 1.14. The largest absolute Gasteiger partial charge is 0.392 e. The standard InChI is InChI=1S/C14H12ClFN2OS/c15-12-2-1-3-13(16)11(12)7-10(19)6-9-8-18-4-5-20-14(18)17-9/h1-5,8,10,19H,6-7H2. The normalized spacial score (nSPS) is 12.9. The molecule has 0 fully saturated rings. The molecule has 6 heteroatoms. The van der Waals surface area contributed by atoms with Crippen LogP contribution >= 0.6 is 22.9 Å². The van der Waals surface area contributed by atoms with Crippen LogP contribution in [0.4, 0.5) is 4.39 Å². The van der Waals surface area contributed by atoms with Gasteiger partial charge in [0.05, 0.1) is 11.8 Å². The van der Waals surface area contributed by atoms with E-state index in [9.17, 15) is 9.50 Å². The molecule has 3 rings (SSSR count). The van der Waals surface area contributed by atoms with Crippen molar-refractivity contribution in [1.29, 1.82) is 0 Å². The topological polar surface area (TPSA) is 37.5 Å². The van der Waals surface area contributed by atoms with E-state index in [0.717, 1.165) is 10.7 Å². The molecule has 3 aromatic rings. The number of hydrogen-bond acceptors (Lipinski definition) is 3. The van der Waals surface area contributed by atoms with Crippen LogP contribution in [-0.4, -0.2) is 20.6 Å². The van der Waals surface area contributed by atoms with Gasteiger partial charge in [-0.2, -0.15) is 0 Å². The molecule has 0 aliphatic rings. The first-order valence-corrected chi connectivity index (χ1v) is 7.41. The van der Waals surface area contributed by atoms with Crippen LogP contribution < -0.4 is 0 Å². The average Bonchev–Trinajstić information content (AvgIpc) is 2.94. The third kappa shape index (κ3) is 2.70. The van der Waals surface area contributed by atoms with Gasteiger partial charge in [0.2, 0.25) is 0 Å². The summed E-state index contributed by atoms with van der Waals surface area (Å²) in [5.74, 6) is -0.387. The minimum absolute atomic E-state index is 0.177. The molecule has 3 nitrogen and oxygen atoms in total. The molecule has 20 heavy (non-hydrogen) atoms. The number of halogens is 2. The maximum atomic E-state index is 13.7. The van der Waals surface area contributed by atoms with Crippen LogP contribution in [0.3, 0.4) is 0 Å². The van der Waals surface area contributed by atoms with E-state index in [-0.39, 0.29) is 12.2 Å². The smallest absolute Gasteiger partial charge is 0.193 e. The number of aliphatic hydroxyl groups is 1. The maximum absolute atomic E-state index is 13.7. The monoisotopic (exact) mass is 310 g/mol. The summed E-state index contributed by atoms with van der Waals surface area (Å²) in [6.07, 6.45) is 3.62. The van der Waals surface area contributed by atoms with Crippen LogP contribution in [0.2, 0.25) is 5.02 Å². The van der Waals surface area contributed by atoms with E-state index in [1.807, 2.05) is 22.2 Å². The molecule has 0 spiro atoms. The highest BCUT2D eigenvalue weighted by molar-refractivity contribution is 7.15. The first-order valence-electron chi connectivity index (χ1n) is 6.15. The molecule has 0 amide bonds. The number of fused-ring (bicyclic) bond motifs is 1. The Kier molecular flexibility index (Phi) is 3.74. The lowest BCUT2D eigenvalue weighted by Crippen LogP contribution is -2.15. The van der Waals surface area contributed by atoms with E-state index in [4.69, 9.17) is 11.6 Å². The van der Waals surface area contributed by atoms with Crippen molar-refractivity contribution in [3.63, 3.8) is 0 Å². The number of rotatable bonds is 4. The van der Waals surface area contributed by atoms with Crippen LogP contribution in [0.1, 0.15) is 11.3 Å². The Labute approximate surface area is 124 Å². The number of hydrogen-bond donors (Lipinski definition) is 1. The van der Waals surface area contributed by atoms with Crippen LogP contribution in [0, 0.1) is 5.82 Å². The molecule has 1 aromatic carbocycles. The van der Waals surface area contributed by atoms with E-state index in [1.54, 1.807) is 12.1 Å². The number of benzene rings is 1. The summed E-state index contributed by atoms with van der Waals surface area (Å²) < 4.78 is 15.6. The van der Waals surface area contributed by atoms with E-state index in [1.165, 1.54) is 17.4 Å². The molecule has 0 radical (unpaired) electrons. The number of aromatic nitrogens is 2. The number of thiazole rings is 1. The molecule has 1 atom stereocenters. The molecule has 0 aliphatic carbocycles. The fourth-order valence-corrected chi connectivity index (χ4v) is 3.11. The minimum atomic E-state index is -0.714. The van der Waals surface area contributed by atoms with Gasteiger partial charge in [-0.25, -0.2) is 9.37 Å². The fourth-order valence-electron chi connectivity index (χ4n) is 2.15. The van der Waals surface area contributed by atoms with Gasteiger partial charge in [-0.15, -0.1) is 11.3 Å². The Morgan fingerprint density at radius 3 is 3.00 bits per heavy atom. The lowest BCUT2D eigenvalue weighted by Gasteiger charge is -2.11. The van der Waals surface area contributed by atoms with Gasteiger partial charge in [0, 0.05) is 41.2 Å². The minimum Gasteiger partial charge on any atom is -0.392 e. The number of nitrogens with zero attached hydrogens (tertiary/aromatic N) is 2. The second-order valence-electron chi connectivity index (χ2n) is 4.59. The Morgan fingerprint density at radius 2 is 2.25 bits per heavy atom. The average molecular weight is 311 g/mol. The summed E-state index contributed by atoms with van der Waals surface area (Å²) in [5, 5.41) is 12.4. The summed E-state index contributed by atoms with van der Waals surface area (Å²) in [6, 6.07) is 4.52. The Bertz CT molecular complexity index is 691. The summed E-state index contributed by atoms with van der Waals surface area (Å²) in [4.78, 5) is 5.28. The van der Waals surface area contributed by atoms with Gasteiger partial charge in [-0.1, -0.05) is 17.7 Å². The number of aliphatic hydroxyl groups excluding tert-OH is 1. The molecule has 2 aromatic heterocycles. The van der Waals surface area contributed by atoms with Gasteiger partial charge >= 0.3 is 0 Å². The van der Waals surface area contributed by atoms with Crippen molar-refractivity contribution in [3.8, 4) is 0 Å². The maximum Gasteiger partial charge on any atom is 0.193 e. The Hall–Kier alpha value is -1.43. The van der Waals surface area contributed by atoms with E-state index < -0.39 is 6.10 Å². The summed E-state index contributed by atoms with van der Waals surface area (Å²) in [6.45, 7) is 0. The van der Waals surface area contributed by atoms with Crippen molar-refractivity contribution in [3.05, 3.63) is 58.1 Å². The molecule has 0 saturated carbocycles. The van der Waals surface area contributed by atoms with Crippen LogP contribution in [0.15, 0.2) is 36.0 Å². The van der Waals surface area contributed by atoms with Crippen molar-refractivity contribution in [2.75, 3.05) is 0 Å². The third-order valence-electron chi connectivity index (χ3n) is 3.09. The molecule has 1 unspecified atom stereocenters. The second-order valence-corrected chi connectivity index (χ2v) is 5.87. The Balaban J connectivity index is 1.73. The van der Waals surface area contributed by atoms with Gasteiger partial charge in [0.25, 0.3) is 0 Å². The van der Waals surface area contributed by atoms with E-state index in [0.29, 0.717) is 17.0 Å². The molecule has 104 valence electrons. The lowest BCUT2D eigenvalue weighted by atomic mass is 10.0. The zero-order valence-electron chi connectivity index (χ0n) is 10.5. The fraction of sp³-hybridized carbons (Fsp3) is 0.214. The van der Waals surface area contributed by atoms with Crippen molar-refractivity contribution >= 4 is 27.9 Å². The van der Waals surface area contributed by atoms with Crippen LogP contribution in [-0.2, 0) is 12.8 Å². The molecular weight excluding hydrogens is 299 g/mol. The van der Waals surface area contributed by atoms with E-state index >= 15 is 0 Å². The molecule has 0 bridgehead atoms. The van der Waals surface area contributed by atoms with Crippen molar-refractivity contribution in [2.24, 2.45) is 0 Å². The first-order chi connectivity index (χ1) is 9.63. The SMILES string of the molecule is OC(Cc1cn2ccsc2n1)Cc1c(F)cccc1Cl. The van der Waals surface area contributed by atoms with Gasteiger partial charge in [-0.05, 0) is 12.1 Å². The predicted octanol–water partition coefficient (Wildman–Crippen LogP) is 3.33. The number of imidazole rings is 1. The van der Waals surface area contributed by atoms with Gasteiger partial charge in [-0.3, -0.25) is 4.40 Å². The first kappa shape index (κ1) is 13.5. The van der Waals surface area contributed by atoms with Crippen molar-refractivity contribution in [2.45, 2.75) is 18.9 Å². The molecule has 0 saturated heterocycles. The quantitative estimate of drug-likeness (QED) is 0.802. The van der Waals surface area contributed by atoms with Gasteiger partial charge in [0.15, 0.2) is 4.96 Å². The molecule has 2 heterocycles. The third-order valence-corrected chi connectivity index (χ3v) is 4.21. The molecule has 1 N–H and O–H groups in total. The van der Waals surface area contributed by atoms with Crippen LogP contribution in [0.5, 0.6) is 0 Å². The molecule has 0 aliphatic heterocycles. The zero-order valence-corrected chi connectivity index (χ0v) is 12.0. The van der Waals surface area contributed by atoms with Crippen molar-refractivity contribution < 1.29 is 9.50 Å². The van der Waals surface area contributed by atoms with Gasteiger partial charge in [0.1, 0.15) is 5.82 Å². The lowest BCUT2D eigenvalue weighted by molar-refractivity contribution is 0.173. The zero-order chi connectivity index (χ0) is 14.1. The second kappa shape index (κ2) is 5.52. The summed E-state index contributed by atoms with van der Waals surface area (Å²) in [7, 11) is 0.